The fourth-order valence-corrected chi connectivity index (χ4v) is 1.68. The molecule has 18 heavy (non-hydrogen) atoms. The molecule has 1 aliphatic rings. The molecule has 0 aliphatic carbocycles. The third kappa shape index (κ3) is 2.70. The minimum absolute atomic E-state index is 0.0464. The van der Waals surface area contributed by atoms with Crippen LogP contribution in [0.4, 0.5) is 0 Å². The molecule has 0 spiro atoms. The van der Waals surface area contributed by atoms with E-state index in [4.69, 9.17) is 9.47 Å². The maximum Gasteiger partial charge on any atom is 0.170 e. The van der Waals surface area contributed by atoms with Crippen LogP contribution in [-0.2, 0) is 4.79 Å². The first-order valence-corrected chi connectivity index (χ1v) is 6.03. The van der Waals surface area contributed by atoms with Crippen LogP contribution in [0.1, 0.15) is 30.6 Å². The Labute approximate surface area is 106 Å². The average molecular weight is 248 g/mol. The average Bonchev–Trinajstić information content (AvgIpc) is 2.37. The highest BCUT2D eigenvalue weighted by Crippen LogP contribution is 2.31. The van der Waals surface area contributed by atoms with Crippen LogP contribution in [0.25, 0.3) is 0 Å². The summed E-state index contributed by atoms with van der Waals surface area (Å²) in [7, 11) is 0. The monoisotopic (exact) mass is 248 g/mol. The van der Waals surface area contributed by atoms with Gasteiger partial charge >= 0.3 is 0 Å². The Morgan fingerprint density at radius 2 is 1.83 bits per heavy atom. The Hall–Kier alpha value is -1.84. The van der Waals surface area contributed by atoms with Gasteiger partial charge in [0, 0.05) is 11.5 Å². The molecule has 1 aromatic rings. The third-order valence-electron chi connectivity index (χ3n) is 2.84. The van der Waals surface area contributed by atoms with Gasteiger partial charge < -0.3 is 9.47 Å². The van der Waals surface area contributed by atoms with Crippen molar-refractivity contribution in [2.45, 2.75) is 20.3 Å². The summed E-state index contributed by atoms with van der Waals surface area (Å²) in [6.07, 6.45) is -0.0582. The summed E-state index contributed by atoms with van der Waals surface area (Å²) in [5.74, 6) is 0.879. The lowest BCUT2D eigenvalue weighted by molar-refractivity contribution is -0.121. The van der Waals surface area contributed by atoms with Gasteiger partial charge in [-0.15, -0.1) is 0 Å². The van der Waals surface area contributed by atoms with Gasteiger partial charge in [0.25, 0.3) is 0 Å². The Bertz CT molecular complexity index is 477. The second-order valence-electron chi connectivity index (χ2n) is 4.58. The predicted molar refractivity (Wildman–Crippen MR) is 66.2 cm³/mol. The van der Waals surface area contributed by atoms with Crippen LogP contribution in [0.2, 0.25) is 0 Å². The van der Waals surface area contributed by atoms with Gasteiger partial charge in [-0.05, 0) is 18.2 Å². The number of hydrogen-bond donors (Lipinski definition) is 0. The number of benzene rings is 1. The molecular weight excluding hydrogens is 232 g/mol. The minimum atomic E-state index is -0.175. The Balaban J connectivity index is 2.13. The fraction of sp³-hybridized carbons (Fsp3) is 0.429. The van der Waals surface area contributed by atoms with Crippen molar-refractivity contribution >= 4 is 11.6 Å². The molecule has 0 N–H and O–H groups in total. The second kappa shape index (κ2) is 5.21. The van der Waals surface area contributed by atoms with Crippen LogP contribution >= 0.6 is 0 Å². The zero-order valence-electron chi connectivity index (χ0n) is 10.6. The summed E-state index contributed by atoms with van der Waals surface area (Å²) in [5.41, 5.74) is 0.494. The van der Waals surface area contributed by atoms with E-state index in [1.165, 1.54) is 0 Å². The van der Waals surface area contributed by atoms with E-state index in [2.05, 4.69) is 0 Å². The Morgan fingerprint density at radius 1 is 1.17 bits per heavy atom. The molecule has 4 heteroatoms. The van der Waals surface area contributed by atoms with Crippen LogP contribution in [0, 0.1) is 5.92 Å². The van der Waals surface area contributed by atoms with E-state index in [0.29, 0.717) is 30.3 Å². The lowest BCUT2D eigenvalue weighted by atomic mass is 9.99. The number of Topliss-reactive ketones (excluding diaryl/α,β-unsaturated/α-hetero) is 2. The molecule has 0 bridgehead atoms. The van der Waals surface area contributed by atoms with E-state index >= 15 is 0 Å². The highest BCUT2D eigenvalue weighted by atomic mass is 16.6. The highest BCUT2D eigenvalue weighted by molar-refractivity contribution is 6.08. The quantitative estimate of drug-likeness (QED) is 0.605. The SMILES string of the molecule is CC(C)C(=O)CC(=O)c1ccc2c(c1)OCCO2. The molecule has 4 nitrogen and oxygen atoms in total. The normalized spacial score (nSPS) is 13.5. The molecule has 0 radical (unpaired) electrons. The van der Waals surface area contributed by atoms with E-state index in [0.717, 1.165) is 0 Å². The van der Waals surface area contributed by atoms with Gasteiger partial charge in [-0.1, -0.05) is 13.8 Å². The predicted octanol–water partition coefficient (Wildman–Crippen LogP) is 2.26. The van der Waals surface area contributed by atoms with Crippen LogP contribution < -0.4 is 9.47 Å². The number of ketones is 2. The standard InChI is InChI=1S/C14H16O4/c1-9(2)11(15)8-12(16)10-3-4-13-14(7-10)18-6-5-17-13/h3-4,7,9H,5-6,8H2,1-2H3. The van der Waals surface area contributed by atoms with Crippen molar-refractivity contribution in [1.29, 1.82) is 0 Å². The molecule has 0 atom stereocenters. The summed E-state index contributed by atoms with van der Waals surface area (Å²) in [6.45, 7) is 4.58. The van der Waals surface area contributed by atoms with Gasteiger partial charge in [-0.25, -0.2) is 0 Å². The van der Waals surface area contributed by atoms with Gasteiger partial charge in [-0.3, -0.25) is 9.59 Å². The van der Waals surface area contributed by atoms with Crippen molar-refractivity contribution in [2.75, 3.05) is 13.2 Å². The molecular formula is C14H16O4. The lowest BCUT2D eigenvalue weighted by Crippen LogP contribution is -2.17. The van der Waals surface area contributed by atoms with Crippen LogP contribution in [0.15, 0.2) is 18.2 Å². The van der Waals surface area contributed by atoms with E-state index in [1.54, 1.807) is 32.0 Å². The first kappa shape index (κ1) is 12.6. The van der Waals surface area contributed by atoms with E-state index in [-0.39, 0.29) is 23.9 Å². The molecule has 0 unspecified atom stereocenters. The Morgan fingerprint density at radius 3 is 2.50 bits per heavy atom. The smallest absolute Gasteiger partial charge is 0.170 e. The van der Waals surface area contributed by atoms with Crippen molar-refractivity contribution in [3.05, 3.63) is 23.8 Å². The molecule has 0 saturated heterocycles. The van der Waals surface area contributed by atoms with Crippen molar-refractivity contribution in [1.82, 2.24) is 0 Å². The van der Waals surface area contributed by atoms with Crippen molar-refractivity contribution in [2.24, 2.45) is 5.92 Å². The van der Waals surface area contributed by atoms with Gasteiger partial charge in [0.2, 0.25) is 0 Å². The lowest BCUT2D eigenvalue weighted by Gasteiger charge is -2.18. The van der Waals surface area contributed by atoms with Crippen LogP contribution in [0.5, 0.6) is 11.5 Å². The van der Waals surface area contributed by atoms with Crippen LogP contribution in [-0.4, -0.2) is 24.8 Å². The second-order valence-corrected chi connectivity index (χ2v) is 4.58. The zero-order chi connectivity index (χ0) is 13.1. The third-order valence-corrected chi connectivity index (χ3v) is 2.84. The van der Waals surface area contributed by atoms with E-state index in [9.17, 15) is 9.59 Å². The molecule has 96 valence electrons. The first-order valence-electron chi connectivity index (χ1n) is 6.03. The van der Waals surface area contributed by atoms with Crippen molar-refractivity contribution < 1.29 is 19.1 Å². The summed E-state index contributed by atoms with van der Waals surface area (Å²) >= 11 is 0. The Kier molecular flexibility index (Phi) is 3.65. The summed E-state index contributed by atoms with van der Waals surface area (Å²) < 4.78 is 10.8. The maximum atomic E-state index is 11.9. The summed E-state index contributed by atoms with van der Waals surface area (Å²) in [4.78, 5) is 23.5. The highest BCUT2D eigenvalue weighted by Gasteiger charge is 2.18. The number of carbonyl (C=O) groups is 2. The van der Waals surface area contributed by atoms with Gasteiger partial charge in [0.1, 0.15) is 19.0 Å². The number of carbonyl (C=O) groups excluding carboxylic acids is 2. The fourth-order valence-electron chi connectivity index (χ4n) is 1.68. The first-order chi connectivity index (χ1) is 8.58. The van der Waals surface area contributed by atoms with Crippen molar-refractivity contribution in [3.8, 4) is 11.5 Å². The summed E-state index contributed by atoms with van der Waals surface area (Å²) in [5, 5.41) is 0. The molecule has 1 heterocycles. The number of hydrogen-bond acceptors (Lipinski definition) is 4. The molecule has 0 aromatic heterocycles. The molecule has 0 fully saturated rings. The molecule has 0 amide bonds. The minimum Gasteiger partial charge on any atom is -0.486 e. The van der Waals surface area contributed by atoms with E-state index in [1.807, 2.05) is 0 Å². The van der Waals surface area contributed by atoms with Gasteiger partial charge in [0.05, 0.1) is 6.42 Å². The molecule has 1 aromatic carbocycles. The topological polar surface area (TPSA) is 52.6 Å². The number of fused-ring (bicyclic) bond motifs is 1. The van der Waals surface area contributed by atoms with Gasteiger partial charge in [-0.2, -0.15) is 0 Å². The van der Waals surface area contributed by atoms with E-state index < -0.39 is 0 Å². The number of ether oxygens (including phenoxy) is 2. The van der Waals surface area contributed by atoms with Crippen LogP contribution in [0.3, 0.4) is 0 Å². The molecule has 0 saturated carbocycles. The maximum absolute atomic E-state index is 11.9. The summed E-state index contributed by atoms with van der Waals surface area (Å²) in [6, 6.07) is 5.02. The van der Waals surface area contributed by atoms with Gasteiger partial charge in [0.15, 0.2) is 17.3 Å². The largest absolute Gasteiger partial charge is 0.486 e. The number of rotatable bonds is 4. The molecule has 2 rings (SSSR count). The van der Waals surface area contributed by atoms with Crippen molar-refractivity contribution in [3.63, 3.8) is 0 Å². The zero-order valence-corrected chi connectivity index (χ0v) is 10.6. The molecule has 1 aliphatic heterocycles.